The topological polar surface area (TPSA) is 102 Å². The van der Waals surface area contributed by atoms with E-state index in [0.717, 1.165) is 11.0 Å². The maximum Gasteiger partial charge on any atom is 0.325 e. The molecule has 1 saturated heterocycles. The summed E-state index contributed by atoms with van der Waals surface area (Å²) in [6.07, 6.45) is 0. The molecule has 1 aliphatic rings. The molecule has 0 aromatic heterocycles. The standard InChI is InChI=1S/C19H17ClFN3O4/c1-19(14-6-5-12(21)8-15(14)20)17(26)24(18(27)23-19)9-11-3-2-4-13(7-11)28-10-16(22)25/h2-8H,9-10H2,1H3,(H2,22,25)(H,23,27). The van der Waals surface area contributed by atoms with Crippen LogP contribution in [0.4, 0.5) is 9.18 Å². The number of primary amides is 1. The number of urea groups is 1. The van der Waals surface area contributed by atoms with Crippen molar-refractivity contribution in [3.8, 4) is 5.75 Å². The molecule has 0 spiro atoms. The van der Waals surface area contributed by atoms with Crippen molar-refractivity contribution < 1.29 is 23.5 Å². The second kappa shape index (κ2) is 7.47. The molecule has 0 bridgehead atoms. The first-order valence-corrected chi connectivity index (χ1v) is 8.68. The molecular weight excluding hydrogens is 389 g/mol. The molecule has 2 aromatic rings. The highest BCUT2D eigenvalue weighted by Crippen LogP contribution is 2.34. The van der Waals surface area contributed by atoms with Crippen molar-refractivity contribution in [3.05, 3.63) is 64.4 Å². The smallest absolute Gasteiger partial charge is 0.325 e. The number of carbonyl (C=O) groups is 3. The summed E-state index contributed by atoms with van der Waals surface area (Å²) in [5, 5.41) is 2.66. The Morgan fingerprint density at radius 3 is 2.71 bits per heavy atom. The van der Waals surface area contributed by atoms with Gasteiger partial charge in [0.1, 0.15) is 17.1 Å². The van der Waals surface area contributed by atoms with E-state index >= 15 is 0 Å². The minimum absolute atomic E-state index is 0.0210. The molecular formula is C19H17ClFN3O4. The van der Waals surface area contributed by atoms with Gasteiger partial charge in [-0.25, -0.2) is 9.18 Å². The zero-order valence-corrected chi connectivity index (χ0v) is 15.6. The molecule has 1 atom stereocenters. The van der Waals surface area contributed by atoms with Crippen LogP contribution >= 0.6 is 11.6 Å². The van der Waals surface area contributed by atoms with Crippen molar-refractivity contribution in [1.29, 1.82) is 0 Å². The lowest BCUT2D eigenvalue weighted by atomic mass is 9.92. The highest BCUT2D eigenvalue weighted by Gasteiger charge is 2.49. The van der Waals surface area contributed by atoms with Crippen LogP contribution < -0.4 is 15.8 Å². The number of nitrogens with one attached hydrogen (secondary N) is 1. The van der Waals surface area contributed by atoms with Crippen molar-refractivity contribution in [2.45, 2.75) is 19.0 Å². The molecule has 1 heterocycles. The van der Waals surface area contributed by atoms with Crippen molar-refractivity contribution in [3.63, 3.8) is 0 Å². The average Bonchev–Trinajstić information content (AvgIpc) is 2.84. The van der Waals surface area contributed by atoms with Crippen LogP contribution in [-0.4, -0.2) is 29.4 Å². The minimum Gasteiger partial charge on any atom is -0.484 e. The number of amides is 4. The predicted octanol–water partition coefficient (Wildman–Crippen LogP) is 2.31. The maximum absolute atomic E-state index is 13.3. The van der Waals surface area contributed by atoms with Crippen molar-refractivity contribution in [1.82, 2.24) is 10.2 Å². The van der Waals surface area contributed by atoms with Crippen LogP contribution in [0, 0.1) is 5.82 Å². The van der Waals surface area contributed by atoms with Gasteiger partial charge in [0.05, 0.1) is 6.54 Å². The molecule has 2 aromatic carbocycles. The molecule has 1 aliphatic heterocycles. The highest BCUT2D eigenvalue weighted by atomic mass is 35.5. The number of nitrogens with two attached hydrogens (primary N) is 1. The number of carbonyl (C=O) groups excluding carboxylic acids is 3. The zero-order chi connectivity index (χ0) is 20.5. The number of rotatable bonds is 6. The molecule has 0 aliphatic carbocycles. The van der Waals surface area contributed by atoms with E-state index in [1.54, 1.807) is 24.3 Å². The Kier molecular flexibility index (Phi) is 5.24. The van der Waals surface area contributed by atoms with Crippen LogP contribution in [0.25, 0.3) is 0 Å². The van der Waals surface area contributed by atoms with E-state index in [1.165, 1.54) is 19.1 Å². The third-order valence-corrected chi connectivity index (χ3v) is 4.68. The van der Waals surface area contributed by atoms with Gasteiger partial charge in [0.15, 0.2) is 6.61 Å². The van der Waals surface area contributed by atoms with Crippen LogP contribution in [0.2, 0.25) is 5.02 Å². The Balaban J connectivity index is 1.82. The van der Waals surface area contributed by atoms with E-state index in [9.17, 15) is 18.8 Å². The fourth-order valence-corrected chi connectivity index (χ4v) is 3.34. The Hall–Kier alpha value is -3.13. The predicted molar refractivity (Wildman–Crippen MR) is 99.0 cm³/mol. The second-order valence-electron chi connectivity index (χ2n) is 6.47. The van der Waals surface area contributed by atoms with Crippen LogP contribution in [0.5, 0.6) is 5.75 Å². The average molecular weight is 406 g/mol. The largest absolute Gasteiger partial charge is 0.484 e. The van der Waals surface area contributed by atoms with Gasteiger partial charge < -0.3 is 15.8 Å². The molecule has 4 amide bonds. The number of imide groups is 1. The first kappa shape index (κ1) is 19.6. The summed E-state index contributed by atoms with van der Waals surface area (Å²) in [7, 11) is 0. The molecule has 9 heteroatoms. The van der Waals surface area contributed by atoms with Gasteiger partial charge in [0, 0.05) is 10.6 Å². The monoisotopic (exact) mass is 405 g/mol. The summed E-state index contributed by atoms with van der Waals surface area (Å²) in [5.74, 6) is -1.30. The van der Waals surface area contributed by atoms with Gasteiger partial charge in [-0.15, -0.1) is 0 Å². The normalized spacial score (nSPS) is 18.9. The second-order valence-corrected chi connectivity index (χ2v) is 6.88. The van der Waals surface area contributed by atoms with Crippen molar-refractivity contribution in [2.75, 3.05) is 6.61 Å². The van der Waals surface area contributed by atoms with Crippen LogP contribution in [0.3, 0.4) is 0 Å². The van der Waals surface area contributed by atoms with Gasteiger partial charge in [-0.2, -0.15) is 0 Å². The fraction of sp³-hybridized carbons (Fsp3) is 0.211. The molecule has 0 saturated carbocycles. The van der Waals surface area contributed by atoms with E-state index in [2.05, 4.69) is 5.32 Å². The van der Waals surface area contributed by atoms with Crippen LogP contribution in [0.15, 0.2) is 42.5 Å². The van der Waals surface area contributed by atoms with Gasteiger partial charge in [0.2, 0.25) is 0 Å². The number of hydrogen-bond donors (Lipinski definition) is 2. The molecule has 146 valence electrons. The molecule has 3 N–H and O–H groups in total. The zero-order valence-electron chi connectivity index (χ0n) is 14.9. The van der Waals surface area contributed by atoms with E-state index in [-0.39, 0.29) is 18.2 Å². The molecule has 1 unspecified atom stereocenters. The first-order valence-electron chi connectivity index (χ1n) is 8.30. The third kappa shape index (κ3) is 3.77. The van der Waals surface area contributed by atoms with Gasteiger partial charge >= 0.3 is 6.03 Å². The van der Waals surface area contributed by atoms with Gasteiger partial charge in [0.25, 0.3) is 11.8 Å². The van der Waals surface area contributed by atoms with E-state index in [1.807, 2.05) is 0 Å². The summed E-state index contributed by atoms with van der Waals surface area (Å²) in [5.41, 5.74) is 4.55. The van der Waals surface area contributed by atoms with Gasteiger partial charge in [-0.3, -0.25) is 14.5 Å². The summed E-state index contributed by atoms with van der Waals surface area (Å²) >= 11 is 6.08. The van der Waals surface area contributed by atoms with Gasteiger partial charge in [-0.1, -0.05) is 29.8 Å². The molecule has 3 rings (SSSR count). The van der Waals surface area contributed by atoms with Gasteiger partial charge in [-0.05, 0) is 36.8 Å². The third-order valence-electron chi connectivity index (χ3n) is 4.37. The summed E-state index contributed by atoms with van der Waals surface area (Å²) in [6, 6.07) is 9.63. The summed E-state index contributed by atoms with van der Waals surface area (Å²) in [6.45, 7) is 1.21. The Labute approximate surface area is 165 Å². The molecule has 28 heavy (non-hydrogen) atoms. The lowest BCUT2D eigenvalue weighted by molar-refractivity contribution is -0.131. The quantitative estimate of drug-likeness (QED) is 0.720. The van der Waals surface area contributed by atoms with E-state index in [4.69, 9.17) is 22.1 Å². The number of hydrogen-bond acceptors (Lipinski definition) is 4. The van der Waals surface area contributed by atoms with Crippen LogP contribution in [-0.2, 0) is 21.7 Å². The number of ether oxygens (including phenoxy) is 1. The SMILES string of the molecule is CC1(c2ccc(F)cc2Cl)NC(=O)N(Cc2cccc(OCC(N)=O)c2)C1=O. The van der Waals surface area contributed by atoms with Crippen LogP contribution in [0.1, 0.15) is 18.1 Å². The lowest BCUT2D eigenvalue weighted by Gasteiger charge is -2.23. The Morgan fingerprint density at radius 2 is 2.04 bits per heavy atom. The van der Waals surface area contributed by atoms with E-state index in [0.29, 0.717) is 16.9 Å². The Morgan fingerprint density at radius 1 is 1.29 bits per heavy atom. The molecule has 0 radical (unpaired) electrons. The minimum atomic E-state index is -1.41. The molecule has 7 nitrogen and oxygen atoms in total. The number of halogens is 2. The maximum atomic E-state index is 13.3. The highest BCUT2D eigenvalue weighted by molar-refractivity contribution is 6.32. The number of nitrogens with zero attached hydrogens (tertiary/aromatic N) is 1. The first-order chi connectivity index (χ1) is 13.2. The summed E-state index contributed by atoms with van der Waals surface area (Å²) in [4.78, 5) is 37.3. The summed E-state index contributed by atoms with van der Waals surface area (Å²) < 4.78 is 18.6. The number of benzene rings is 2. The van der Waals surface area contributed by atoms with E-state index < -0.39 is 29.2 Å². The van der Waals surface area contributed by atoms with Crippen molar-refractivity contribution in [2.24, 2.45) is 5.73 Å². The molecule has 1 fully saturated rings. The van der Waals surface area contributed by atoms with Crippen molar-refractivity contribution >= 4 is 29.4 Å². The fourth-order valence-electron chi connectivity index (χ4n) is 2.99. The lowest BCUT2D eigenvalue weighted by Crippen LogP contribution is -2.41. The Bertz CT molecular complexity index is 968.